The number of hydrogen-bond donors (Lipinski definition) is 9. The van der Waals surface area contributed by atoms with E-state index in [1.54, 1.807) is 36.4 Å². The number of halogens is 1. The molecular formula is C43H50ClN7O15. The molecule has 3 aliphatic heterocycles. The van der Waals surface area contributed by atoms with Crippen molar-refractivity contribution in [1.29, 1.82) is 0 Å². The number of imide groups is 1. The summed E-state index contributed by atoms with van der Waals surface area (Å²) < 4.78 is 21.9. The number of nitrogens with two attached hydrogens (primary N) is 1. The van der Waals surface area contributed by atoms with E-state index in [4.69, 9.17) is 36.3 Å². The number of anilines is 1. The lowest BCUT2D eigenvalue weighted by Crippen LogP contribution is -2.61. The van der Waals surface area contributed by atoms with Crippen molar-refractivity contribution in [3.8, 4) is 5.75 Å². The van der Waals surface area contributed by atoms with Gasteiger partial charge in [0, 0.05) is 62.5 Å². The van der Waals surface area contributed by atoms with Crippen molar-refractivity contribution < 1.29 is 72.9 Å². The number of piperidine rings is 1. The minimum atomic E-state index is -1.94. The monoisotopic (exact) mass is 939 g/mol. The molecule has 0 saturated carbocycles. The van der Waals surface area contributed by atoms with Gasteiger partial charge in [0.05, 0.1) is 18.8 Å². The molecule has 0 aliphatic carbocycles. The van der Waals surface area contributed by atoms with Crippen molar-refractivity contribution in [2.24, 2.45) is 5.73 Å². The van der Waals surface area contributed by atoms with Gasteiger partial charge in [-0.1, -0.05) is 35.9 Å². The molecule has 354 valence electrons. The van der Waals surface area contributed by atoms with E-state index in [-0.39, 0.29) is 88.5 Å². The number of carboxylic acid groups (broad SMARTS) is 1. The van der Waals surface area contributed by atoms with Gasteiger partial charge in [0.25, 0.3) is 11.8 Å². The summed E-state index contributed by atoms with van der Waals surface area (Å²) in [5, 5.41) is 50.7. The number of fused-ring (bicyclic) bond motifs is 1. The number of aliphatic hydroxyl groups excluding tert-OH is 3. The fraction of sp³-hybridized carbons (Fsp3) is 0.419. The van der Waals surface area contributed by atoms with E-state index >= 15 is 0 Å². The fourth-order valence-corrected chi connectivity index (χ4v) is 7.53. The number of aliphatic carboxylic acids is 1. The lowest BCUT2D eigenvalue weighted by Gasteiger charge is -2.38. The van der Waals surface area contributed by atoms with E-state index < -0.39 is 66.7 Å². The first-order chi connectivity index (χ1) is 31.5. The Kier molecular flexibility index (Phi) is 16.5. The maximum atomic E-state index is 13.0. The summed E-state index contributed by atoms with van der Waals surface area (Å²) in [6.45, 7) is 0.880. The molecule has 0 aromatic heterocycles. The normalized spacial score (nSPS) is 21.4. The largest absolute Gasteiger partial charge is 0.479 e. The lowest BCUT2D eigenvalue weighted by molar-refractivity contribution is -0.271. The smallest absolute Gasteiger partial charge is 0.409 e. The van der Waals surface area contributed by atoms with Crippen LogP contribution in [0.25, 0.3) is 0 Å². The fourth-order valence-electron chi connectivity index (χ4n) is 7.26. The molecule has 0 bridgehead atoms. The maximum Gasteiger partial charge on any atom is 0.409 e. The Morgan fingerprint density at radius 3 is 2.47 bits per heavy atom. The molecule has 0 radical (unpaired) electrons. The summed E-state index contributed by atoms with van der Waals surface area (Å²) >= 11 is 6.50. The highest BCUT2D eigenvalue weighted by Crippen LogP contribution is 2.30. The molecular weight excluding hydrogens is 890 g/mol. The van der Waals surface area contributed by atoms with Crippen LogP contribution in [0.2, 0.25) is 5.02 Å². The number of benzene rings is 3. The van der Waals surface area contributed by atoms with Gasteiger partial charge < -0.3 is 70.9 Å². The van der Waals surface area contributed by atoms with E-state index in [2.05, 4.69) is 21.3 Å². The number of urea groups is 1. The number of likely N-dealkylation sites (N-methyl/N-ethyl adjacent to an activating group) is 1. The summed E-state index contributed by atoms with van der Waals surface area (Å²) in [7, 11) is 1.51. The van der Waals surface area contributed by atoms with Crippen molar-refractivity contribution >= 4 is 59.0 Å². The van der Waals surface area contributed by atoms with Crippen LogP contribution in [0.15, 0.2) is 54.6 Å². The Labute approximate surface area is 382 Å². The van der Waals surface area contributed by atoms with Gasteiger partial charge >= 0.3 is 18.1 Å². The minimum absolute atomic E-state index is 0.0845. The number of carbonyl (C=O) groups excluding carboxylic acids is 6. The SMILES string of the molecule is CN(CCOCCc1ccc(NC(=O)NCc2ccc3c(c2)CN(C2CCC(=O)NC2=O)C3=O)cc1Cl)C(=O)OCc1ccc(O[C@@H]2O[C@H](C(=O)O)[C@@H](O)[C@H](O)[C@H]2O)c(C(=O)NCCN)c1. The second-order valence-corrected chi connectivity index (χ2v) is 16.0. The van der Waals surface area contributed by atoms with Gasteiger partial charge in [-0.25, -0.2) is 14.4 Å². The van der Waals surface area contributed by atoms with E-state index in [0.29, 0.717) is 28.3 Å². The highest BCUT2D eigenvalue weighted by Gasteiger charge is 2.48. The van der Waals surface area contributed by atoms with Crippen LogP contribution in [0.3, 0.4) is 0 Å². The molecule has 3 aromatic carbocycles. The van der Waals surface area contributed by atoms with Gasteiger partial charge in [0.2, 0.25) is 18.1 Å². The topological polar surface area (TPSA) is 318 Å². The Morgan fingerprint density at radius 1 is 0.970 bits per heavy atom. The molecule has 66 heavy (non-hydrogen) atoms. The first-order valence-electron chi connectivity index (χ1n) is 20.8. The van der Waals surface area contributed by atoms with Crippen molar-refractivity contribution in [2.45, 2.75) is 75.7 Å². The molecule has 2 saturated heterocycles. The van der Waals surface area contributed by atoms with E-state index in [1.807, 2.05) is 0 Å². The molecule has 2 fully saturated rings. The average Bonchev–Trinajstić information content (AvgIpc) is 3.61. The van der Waals surface area contributed by atoms with Gasteiger partial charge in [-0.2, -0.15) is 0 Å². The first-order valence-corrected chi connectivity index (χ1v) is 21.2. The van der Waals surface area contributed by atoms with E-state index in [9.17, 15) is 54.0 Å². The minimum Gasteiger partial charge on any atom is -0.479 e. The molecule has 22 nitrogen and oxygen atoms in total. The van der Waals surface area contributed by atoms with Crippen LogP contribution in [-0.2, 0) is 54.7 Å². The quantitative estimate of drug-likeness (QED) is 0.0608. The number of nitrogens with zero attached hydrogens (tertiary/aromatic N) is 2. The summed E-state index contributed by atoms with van der Waals surface area (Å²) in [6.07, 6.45) is -9.29. The van der Waals surface area contributed by atoms with Gasteiger partial charge in [0.1, 0.15) is 36.7 Å². The van der Waals surface area contributed by atoms with Crippen molar-refractivity contribution in [3.05, 3.63) is 93.0 Å². The standard InChI is InChI=1S/C43H50ClN7O15/c1-50(43(62)64-21-23-3-8-31(28(17-23)37(56)46-12-11-45)65-41-35(55)33(53)34(54)36(66-41)40(59)60)13-15-63-14-10-24-4-5-26(18-29(24)44)48-42(61)47-19-22-2-6-27-25(16-22)20-51(39(27)58)30-7-9-32(52)49-38(30)57/h2-6,8,16-18,30,33-36,41,53-55H,7,9-15,19-21,45H2,1H3,(H,46,56)(H,59,60)(H2,47,48,61)(H,49,52,57)/t30?,33-,34-,35+,36-,41+/m0/s1. The van der Waals surface area contributed by atoms with E-state index in [0.717, 1.165) is 16.7 Å². The summed E-state index contributed by atoms with van der Waals surface area (Å²) in [5.41, 5.74) is 8.91. The van der Waals surface area contributed by atoms with Gasteiger partial charge in [-0.3, -0.25) is 24.5 Å². The molecule has 6 rings (SSSR count). The highest BCUT2D eigenvalue weighted by molar-refractivity contribution is 6.31. The van der Waals surface area contributed by atoms with Crippen molar-refractivity contribution in [3.63, 3.8) is 0 Å². The van der Waals surface area contributed by atoms with Crippen LogP contribution >= 0.6 is 11.6 Å². The zero-order chi connectivity index (χ0) is 47.7. The Hall–Kier alpha value is -6.40. The van der Waals surface area contributed by atoms with Crippen LogP contribution < -0.4 is 31.7 Å². The zero-order valence-electron chi connectivity index (χ0n) is 35.6. The van der Waals surface area contributed by atoms with Crippen LogP contribution in [0.4, 0.5) is 15.3 Å². The number of carboxylic acids is 1. The van der Waals surface area contributed by atoms with Crippen LogP contribution in [-0.4, -0.2) is 149 Å². The third kappa shape index (κ3) is 12.1. The second kappa shape index (κ2) is 22.2. The Bertz CT molecular complexity index is 2340. The van der Waals surface area contributed by atoms with Crippen LogP contribution in [0, 0.1) is 0 Å². The molecule has 6 atom stereocenters. The highest BCUT2D eigenvalue weighted by atomic mass is 35.5. The molecule has 23 heteroatoms. The summed E-state index contributed by atoms with van der Waals surface area (Å²) in [6, 6.07) is 13.1. The lowest BCUT2D eigenvalue weighted by atomic mass is 9.99. The predicted molar refractivity (Wildman–Crippen MR) is 230 cm³/mol. The number of amides is 7. The third-order valence-corrected chi connectivity index (χ3v) is 11.2. The second-order valence-electron chi connectivity index (χ2n) is 15.6. The van der Waals surface area contributed by atoms with Gasteiger partial charge in [-0.05, 0) is 65.4 Å². The summed E-state index contributed by atoms with van der Waals surface area (Å²) in [4.78, 5) is 89.6. The number of nitrogens with one attached hydrogen (secondary N) is 4. The van der Waals surface area contributed by atoms with Gasteiger partial charge in [0.15, 0.2) is 6.10 Å². The predicted octanol–water partition coefficient (Wildman–Crippen LogP) is 0.210. The maximum absolute atomic E-state index is 13.0. The average molecular weight is 940 g/mol. The number of hydrogen-bond acceptors (Lipinski definition) is 15. The molecule has 1 unspecified atom stereocenters. The zero-order valence-corrected chi connectivity index (χ0v) is 36.3. The Morgan fingerprint density at radius 2 is 1.74 bits per heavy atom. The van der Waals surface area contributed by atoms with Crippen LogP contribution in [0.5, 0.6) is 5.75 Å². The number of ether oxygens (including phenoxy) is 4. The van der Waals surface area contributed by atoms with E-state index in [1.165, 1.54) is 35.0 Å². The number of rotatable bonds is 18. The number of aliphatic hydroxyl groups is 3. The summed E-state index contributed by atoms with van der Waals surface area (Å²) in [5.74, 6) is -3.57. The van der Waals surface area contributed by atoms with Crippen LogP contribution in [0.1, 0.15) is 55.8 Å². The third-order valence-electron chi connectivity index (χ3n) is 10.9. The molecule has 10 N–H and O–H groups in total. The van der Waals surface area contributed by atoms with Crippen molar-refractivity contribution in [1.82, 2.24) is 25.8 Å². The Balaban J connectivity index is 0.910. The molecule has 3 aliphatic rings. The molecule has 3 heterocycles. The number of carbonyl (C=O) groups is 7. The first kappa shape index (κ1) is 49.0. The molecule has 7 amide bonds. The molecule has 3 aromatic rings. The van der Waals surface area contributed by atoms with Crippen molar-refractivity contribution in [2.75, 3.05) is 45.2 Å². The van der Waals surface area contributed by atoms with Gasteiger partial charge in [-0.15, -0.1) is 0 Å². The molecule has 0 spiro atoms.